The van der Waals surface area contributed by atoms with E-state index in [9.17, 15) is 0 Å². The van der Waals surface area contributed by atoms with Gasteiger partial charge in [0.15, 0.2) is 11.6 Å². The van der Waals surface area contributed by atoms with Gasteiger partial charge in [-0.3, -0.25) is 4.90 Å². The molecular formula is C25H30N6O2S. The lowest BCUT2D eigenvalue weighted by Crippen LogP contribution is -2.43. The highest BCUT2D eigenvalue weighted by atomic mass is 32.1. The highest BCUT2D eigenvalue weighted by Gasteiger charge is 2.22. The summed E-state index contributed by atoms with van der Waals surface area (Å²) >= 11 is 1.84. The first kappa shape index (κ1) is 21.8. The lowest BCUT2D eigenvalue weighted by molar-refractivity contribution is 0.122. The highest BCUT2D eigenvalue weighted by Crippen LogP contribution is 2.37. The highest BCUT2D eigenvalue weighted by molar-refractivity contribution is 7.19. The smallest absolute Gasteiger partial charge is 0.163 e. The van der Waals surface area contributed by atoms with Gasteiger partial charge in [-0.2, -0.15) is 0 Å². The fourth-order valence-corrected chi connectivity index (χ4v) is 5.98. The van der Waals surface area contributed by atoms with Crippen LogP contribution < -0.4 is 9.64 Å². The van der Waals surface area contributed by atoms with E-state index in [1.165, 1.54) is 9.58 Å². The number of benzene rings is 1. The number of piperazine rings is 1. The van der Waals surface area contributed by atoms with Crippen molar-refractivity contribution in [3.63, 3.8) is 0 Å². The molecule has 0 amide bonds. The molecule has 9 heteroatoms. The van der Waals surface area contributed by atoms with Crippen LogP contribution in [0.2, 0.25) is 0 Å². The number of hydrogen-bond donors (Lipinski definition) is 1. The average molecular weight is 479 g/mol. The summed E-state index contributed by atoms with van der Waals surface area (Å²) in [4.78, 5) is 22.2. The van der Waals surface area contributed by atoms with Crippen LogP contribution in [0.4, 0.5) is 5.82 Å². The van der Waals surface area contributed by atoms with Crippen molar-refractivity contribution >= 4 is 38.3 Å². The second-order valence-electron chi connectivity index (χ2n) is 9.09. The van der Waals surface area contributed by atoms with Crippen molar-refractivity contribution < 1.29 is 9.47 Å². The second-order valence-corrected chi connectivity index (χ2v) is 10.2. The third-order valence-corrected chi connectivity index (χ3v) is 7.91. The predicted octanol–water partition coefficient (Wildman–Crippen LogP) is 3.43. The molecule has 34 heavy (non-hydrogen) atoms. The summed E-state index contributed by atoms with van der Waals surface area (Å²) in [6.45, 7) is 8.55. The van der Waals surface area contributed by atoms with Crippen LogP contribution in [-0.4, -0.2) is 91.4 Å². The number of nitrogens with zero attached hydrogens (tertiary/aromatic N) is 5. The number of fused-ring (bicyclic) bond motifs is 2. The summed E-state index contributed by atoms with van der Waals surface area (Å²) < 4.78 is 12.4. The molecule has 0 bridgehead atoms. The Morgan fingerprint density at radius 3 is 2.68 bits per heavy atom. The molecule has 0 unspecified atom stereocenters. The Morgan fingerprint density at radius 2 is 1.88 bits per heavy atom. The van der Waals surface area contributed by atoms with Gasteiger partial charge in [0.05, 0.1) is 30.5 Å². The third kappa shape index (κ3) is 4.13. The van der Waals surface area contributed by atoms with Crippen LogP contribution >= 0.6 is 11.3 Å². The zero-order valence-electron chi connectivity index (χ0n) is 19.7. The molecule has 0 spiro atoms. The molecule has 178 valence electrons. The Balaban J connectivity index is 1.45. The lowest BCUT2D eigenvalue weighted by atomic mass is 10.1. The fourth-order valence-electron chi connectivity index (χ4n) is 4.82. The Kier molecular flexibility index (Phi) is 5.86. The normalized spacial score (nSPS) is 18.2. The average Bonchev–Trinajstić information content (AvgIpc) is 3.51. The molecule has 0 atom stereocenters. The minimum absolute atomic E-state index is 0.724. The van der Waals surface area contributed by atoms with Gasteiger partial charge in [0.2, 0.25) is 0 Å². The van der Waals surface area contributed by atoms with E-state index < -0.39 is 0 Å². The molecule has 0 aliphatic carbocycles. The number of anilines is 1. The number of aromatic nitrogens is 3. The van der Waals surface area contributed by atoms with Gasteiger partial charge in [0.1, 0.15) is 5.75 Å². The molecule has 6 rings (SSSR count). The van der Waals surface area contributed by atoms with Gasteiger partial charge in [-0.25, -0.2) is 9.97 Å². The van der Waals surface area contributed by atoms with E-state index >= 15 is 0 Å². The van der Waals surface area contributed by atoms with Crippen LogP contribution in [0.25, 0.3) is 32.5 Å². The Morgan fingerprint density at radius 1 is 1.06 bits per heavy atom. The molecule has 2 aliphatic heterocycles. The number of nitrogens with one attached hydrogen (secondary N) is 1. The maximum atomic E-state index is 5.63. The van der Waals surface area contributed by atoms with Crippen LogP contribution in [0, 0.1) is 0 Å². The maximum absolute atomic E-state index is 5.63. The number of H-pyrrole nitrogens is 1. The fraction of sp³-hybridized carbons (Fsp3) is 0.440. The molecule has 2 aliphatic rings. The van der Waals surface area contributed by atoms with Gasteiger partial charge in [0.25, 0.3) is 0 Å². The number of hydrogen-bond acceptors (Lipinski definition) is 8. The van der Waals surface area contributed by atoms with Crippen molar-refractivity contribution in [3.8, 4) is 17.1 Å². The minimum atomic E-state index is 0.724. The van der Waals surface area contributed by atoms with E-state index in [1.807, 2.05) is 29.7 Å². The number of likely N-dealkylation sites (N-methyl/N-ethyl adjacent to an activating group) is 1. The van der Waals surface area contributed by atoms with Gasteiger partial charge in [-0.15, -0.1) is 11.3 Å². The lowest BCUT2D eigenvalue weighted by Gasteiger charge is -2.31. The Bertz CT molecular complexity index is 1300. The van der Waals surface area contributed by atoms with Gasteiger partial charge in [0, 0.05) is 79.4 Å². The molecule has 0 radical (unpaired) electrons. The summed E-state index contributed by atoms with van der Waals surface area (Å²) in [6, 6.07) is 8.40. The molecule has 4 aromatic rings. The van der Waals surface area contributed by atoms with Crippen molar-refractivity contribution in [2.45, 2.75) is 6.54 Å². The summed E-state index contributed by atoms with van der Waals surface area (Å²) in [5, 5.41) is 1.10. The maximum Gasteiger partial charge on any atom is 0.163 e. The quantitative estimate of drug-likeness (QED) is 0.471. The van der Waals surface area contributed by atoms with Crippen molar-refractivity contribution in [1.29, 1.82) is 0 Å². The predicted molar refractivity (Wildman–Crippen MR) is 137 cm³/mol. The molecule has 1 aromatic carbocycles. The number of morpholine rings is 1. The van der Waals surface area contributed by atoms with Crippen LogP contribution in [0.1, 0.15) is 4.88 Å². The molecule has 3 aromatic heterocycles. The van der Waals surface area contributed by atoms with Crippen LogP contribution in [0.15, 0.2) is 30.5 Å². The monoisotopic (exact) mass is 478 g/mol. The molecular weight excluding hydrogens is 448 g/mol. The molecule has 2 saturated heterocycles. The first-order valence-corrected chi connectivity index (χ1v) is 12.7. The molecule has 8 nitrogen and oxygen atoms in total. The van der Waals surface area contributed by atoms with Crippen molar-refractivity contribution in [1.82, 2.24) is 24.8 Å². The summed E-state index contributed by atoms with van der Waals surface area (Å²) in [5.41, 5.74) is 3.03. The van der Waals surface area contributed by atoms with Gasteiger partial charge in [-0.05, 0) is 25.2 Å². The zero-order valence-corrected chi connectivity index (χ0v) is 20.5. The second kappa shape index (κ2) is 9.14. The van der Waals surface area contributed by atoms with Gasteiger partial charge < -0.3 is 24.3 Å². The largest absolute Gasteiger partial charge is 0.497 e. The van der Waals surface area contributed by atoms with Crippen molar-refractivity contribution in [2.75, 3.05) is 71.5 Å². The molecule has 5 heterocycles. The number of rotatable bonds is 5. The number of ether oxygens (including phenoxy) is 2. The van der Waals surface area contributed by atoms with E-state index in [-0.39, 0.29) is 0 Å². The van der Waals surface area contributed by atoms with E-state index in [0.29, 0.717) is 0 Å². The first-order chi connectivity index (χ1) is 16.7. The minimum Gasteiger partial charge on any atom is -0.497 e. The molecule has 2 fully saturated rings. The van der Waals surface area contributed by atoms with E-state index in [2.05, 4.69) is 38.9 Å². The number of aromatic amines is 1. The number of methoxy groups -OCH3 is 1. The van der Waals surface area contributed by atoms with Gasteiger partial charge >= 0.3 is 0 Å². The molecule has 1 N–H and O–H groups in total. The Labute approximate surface area is 203 Å². The van der Waals surface area contributed by atoms with Crippen LogP contribution in [0.3, 0.4) is 0 Å². The summed E-state index contributed by atoms with van der Waals surface area (Å²) in [5.74, 6) is 2.55. The third-order valence-electron chi connectivity index (χ3n) is 6.81. The van der Waals surface area contributed by atoms with Crippen molar-refractivity contribution in [3.05, 3.63) is 35.3 Å². The first-order valence-electron chi connectivity index (χ1n) is 11.9. The SMILES string of the molecule is COc1cc(-c2nc(N3CCOCC3)c3sc(CN4CCN(C)CC4)cc3n2)c2cc[nH]c2c1. The topological polar surface area (TPSA) is 69.8 Å². The van der Waals surface area contributed by atoms with E-state index in [4.69, 9.17) is 19.4 Å². The van der Waals surface area contributed by atoms with Crippen LogP contribution in [-0.2, 0) is 11.3 Å². The summed E-state index contributed by atoms with van der Waals surface area (Å²) in [7, 11) is 3.89. The summed E-state index contributed by atoms with van der Waals surface area (Å²) in [6.07, 6.45) is 1.95. The zero-order chi connectivity index (χ0) is 23.1. The standard InChI is InChI=1S/C25H30N6O2S/c1-29-5-7-30(8-6-29)16-18-15-22-23(34-18)25(31-9-11-33-12-10-31)28-24(27-22)20-13-17(32-2)14-21-19(20)3-4-26-21/h3-4,13-15,26H,5-12,16H2,1-2H3. The van der Waals surface area contributed by atoms with Gasteiger partial charge in [-0.1, -0.05) is 0 Å². The molecule has 0 saturated carbocycles. The Hall–Kier alpha value is -2.72. The van der Waals surface area contributed by atoms with Crippen molar-refractivity contribution in [2.24, 2.45) is 0 Å². The van der Waals surface area contributed by atoms with E-state index in [1.54, 1.807) is 7.11 Å². The van der Waals surface area contributed by atoms with E-state index in [0.717, 1.165) is 98.4 Å². The van der Waals surface area contributed by atoms with Crippen LogP contribution in [0.5, 0.6) is 5.75 Å². The number of thiophene rings is 1.